The van der Waals surface area contributed by atoms with Crippen molar-refractivity contribution in [2.24, 2.45) is 5.73 Å². The van der Waals surface area contributed by atoms with E-state index in [1.54, 1.807) is 18.6 Å². The highest BCUT2D eigenvalue weighted by atomic mass is 16.2. The molecular formula is C14H15N5O. The molecule has 0 aliphatic rings. The molecule has 1 atom stereocenters. The van der Waals surface area contributed by atoms with Crippen molar-refractivity contribution in [3.05, 3.63) is 64.5 Å². The number of aromatic nitrogens is 4. The lowest BCUT2D eigenvalue weighted by Gasteiger charge is -2.11. The first-order valence-electron chi connectivity index (χ1n) is 6.36. The van der Waals surface area contributed by atoms with Crippen molar-refractivity contribution >= 4 is 5.65 Å². The Morgan fingerprint density at radius 1 is 1.30 bits per heavy atom. The number of hydrogen-bond acceptors (Lipinski definition) is 4. The molecule has 3 aromatic rings. The van der Waals surface area contributed by atoms with E-state index in [1.807, 2.05) is 31.2 Å². The lowest BCUT2D eigenvalue weighted by atomic mass is 10.1. The molecule has 0 saturated heterocycles. The van der Waals surface area contributed by atoms with Crippen LogP contribution in [0.1, 0.15) is 17.2 Å². The van der Waals surface area contributed by atoms with E-state index in [1.165, 1.54) is 14.6 Å². The molecule has 0 aliphatic heterocycles. The lowest BCUT2D eigenvalue weighted by molar-refractivity contribution is 0.513. The minimum absolute atomic E-state index is 0.204. The van der Waals surface area contributed by atoms with Gasteiger partial charge in [-0.3, -0.25) is 4.98 Å². The van der Waals surface area contributed by atoms with Gasteiger partial charge in [-0.1, -0.05) is 29.8 Å². The standard InChI is InChI=1S/C14H15N5O/c1-10-2-4-11(5-3-10)12(15)9-19-14(20)18-7-6-16-8-13(18)17-19/h2-8,12H,9,15H2,1H3. The second kappa shape index (κ2) is 4.90. The smallest absolute Gasteiger partial charge is 0.322 e. The van der Waals surface area contributed by atoms with E-state index in [0.717, 1.165) is 5.56 Å². The Balaban J connectivity index is 1.91. The van der Waals surface area contributed by atoms with E-state index >= 15 is 0 Å². The first kappa shape index (κ1) is 12.6. The van der Waals surface area contributed by atoms with Crippen LogP contribution in [0, 0.1) is 6.92 Å². The van der Waals surface area contributed by atoms with Gasteiger partial charge in [0.2, 0.25) is 0 Å². The van der Waals surface area contributed by atoms with Crippen molar-refractivity contribution in [2.75, 3.05) is 0 Å². The summed E-state index contributed by atoms with van der Waals surface area (Å²) in [6, 6.07) is 7.69. The number of nitrogens with zero attached hydrogens (tertiary/aromatic N) is 4. The molecule has 0 saturated carbocycles. The van der Waals surface area contributed by atoms with E-state index in [-0.39, 0.29) is 11.7 Å². The van der Waals surface area contributed by atoms with Crippen LogP contribution >= 0.6 is 0 Å². The summed E-state index contributed by atoms with van der Waals surface area (Å²) in [7, 11) is 0. The van der Waals surface area contributed by atoms with Crippen LogP contribution in [-0.2, 0) is 6.54 Å². The molecule has 0 bridgehead atoms. The van der Waals surface area contributed by atoms with Crippen LogP contribution < -0.4 is 11.4 Å². The van der Waals surface area contributed by atoms with Crippen molar-refractivity contribution in [1.82, 2.24) is 19.2 Å². The third-order valence-electron chi connectivity index (χ3n) is 3.26. The Kier molecular flexibility index (Phi) is 3.08. The Morgan fingerprint density at radius 2 is 2.05 bits per heavy atom. The van der Waals surface area contributed by atoms with Crippen LogP contribution in [-0.4, -0.2) is 19.2 Å². The first-order chi connectivity index (χ1) is 9.65. The van der Waals surface area contributed by atoms with Gasteiger partial charge < -0.3 is 5.73 Å². The molecule has 6 nitrogen and oxygen atoms in total. The molecule has 3 rings (SSSR count). The first-order valence-corrected chi connectivity index (χ1v) is 6.36. The number of fused-ring (bicyclic) bond motifs is 1. The zero-order chi connectivity index (χ0) is 14.1. The Hall–Kier alpha value is -2.47. The third-order valence-corrected chi connectivity index (χ3v) is 3.26. The fourth-order valence-electron chi connectivity index (χ4n) is 2.10. The largest absolute Gasteiger partial charge is 0.350 e. The van der Waals surface area contributed by atoms with Gasteiger partial charge in [-0.25, -0.2) is 13.9 Å². The Labute approximate surface area is 115 Å². The topological polar surface area (TPSA) is 78.2 Å². The maximum absolute atomic E-state index is 12.1. The molecule has 2 aromatic heterocycles. The summed E-state index contributed by atoms with van der Waals surface area (Å²) in [5, 5.41) is 4.22. The normalized spacial score (nSPS) is 12.7. The van der Waals surface area contributed by atoms with E-state index in [0.29, 0.717) is 12.2 Å². The summed E-state index contributed by atoms with van der Waals surface area (Å²) in [6.07, 6.45) is 4.70. The minimum Gasteiger partial charge on any atom is -0.322 e. The van der Waals surface area contributed by atoms with Gasteiger partial charge in [0.05, 0.1) is 12.7 Å². The van der Waals surface area contributed by atoms with Crippen molar-refractivity contribution in [1.29, 1.82) is 0 Å². The molecule has 0 amide bonds. The van der Waals surface area contributed by atoms with Crippen molar-refractivity contribution in [3.63, 3.8) is 0 Å². The van der Waals surface area contributed by atoms with E-state index in [4.69, 9.17) is 5.73 Å². The second-order valence-electron chi connectivity index (χ2n) is 4.79. The predicted molar refractivity (Wildman–Crippen MR) is 75.4 cm³/mol. The molecule has 102 valence electrons. The summed E-state index contributed by atoms with van der Waals surface area (Å²) in [6.45, 7) is 2.36. The van der Waals surface area contributed by atoms with E-state index in [9.17, 15) is 4.79 Å². The highest BCUT2D eigenvalue weighted by molar-refractivity contribution is 5.32. The monoisotopic (exact) mass is 269 g/mol. The molecule has 2 heterocycles. The quantitative estimate of drug-likeness (QED) is 0.766. The molecule has 0 radical (unpaired) electrons. The zero-order valence-corrected chi connectivity index (χ0v) is 11.1. The highest BCUT2D eigenvalue weighted by Crippen LogP contribution is 2.12. The zero-order valence-electron chi connectivity index (χ0n) is 11.1. The lowest BCUT2D eigenvalue weighted by Crippen LogP contribution is -2.27. The molecular weight excluding hydrogens is 254 g/mol. The van der Waals surface area contributed by atoms with Gasteiger partial charge in [0.1, 0.15) is 0 Å². The summed E-state index contributed by atoms with van der Waals surface area (Å²) < 4.78 is 2.83. The van der Waals surface area contributed by atoms with Gasteiger partial charge in [0.15, 0.2) is 5.65 Å². The molecule has 6 heteroatoms. The summed E-state index contributed by atoms with van der Waals surface area (Å²) in [5.74, 6) is 0. The maximum atomic E-state index is 12.1. The van der Waals surface area contributed by atoms with Crippen LogP contribution in [0.25, 0.3) is 5.65 Å². The molecule has 20 heavy (non-hydrogen) atoms. The number of rotatable bonds is 3. The molecule has 1 aromatic carbocycles. The van der Waals surface area contributed by atoms with Gasteiger partial charge in [-0.05, 0) is 12.5 Å². The summed E-state index contributed by atoms with van der Waals surface area (Å²) in [5.41, 5.74) is 8.62. The number of benzene rings is 1. The highest BCUT2D eigenvalue weighted by Gasteiger charge is 2.12. The number of nitrogens with two attached hydrogens (primary N) is 1. The van der Waals surface area contributed by atoms with Crippen LogP contribution in [0.2, 0.25) is 0 Å². The van der Waals surface area contributed by atoms with Gasteiger partial charge in [-0.15, -0.1) is 5.10 Å². The average Bonchev–Trinajstić information content (AvgIpc) is 2.77. The van der Waals surface area contributed by atoms with Gasteiger partial charge in [0, 0.05) is 18.4 Å². The van der Waals surface area contributed by atoms with Crippen molar-refractivity contribution < 1.29 is 0 Å². The third kappa shape index (κ3) is 2.21. The van der Waals surface area contributed by atoms with Gasteiger partial charge >= 0.3 is 5.69 Å². The van der Waals surface area contributed by atoms with Crippen molar-refractivity contribution in [2.45, 2.75) is 19.5 Å². The molecule has 0 spiro atoms. The molecule has 1 unspecified atom stereocenters. The SMILES string of the molecule is Cc1ccc(C(N)Cn2nc3cnccn3c2=O)cc1. The molecule has 0 fully saturated rings. The van der Waals surface area contributed by atoms with Gasteiger partial charge in [-0.2, -0.15) is 0 Å². The van der Waals surface area contributed by atoms with Crippen LogP contribution in [0.4, 0.5) is 0 Å². The summed E-state index contributed by atoms with van der Waals surface area (Å²) in [4.78, 5) is 16.1. The fourth-order valence-corrected chi connectivity index (χ4v) is 2.10. The summed E-state index contributed by atoms with van der Waals surface area (Å²) >= 11 is 0. The number of aryl methyl sites for hydroxylation is 1. The van der Waals surface area contributed by atoms with Crippen LogP contribution in [0.5, 0.6) is 0 Å². The Morgan fingerprint density at radius 3 is 2.75 bits per heavy atom. The molecule has 2 N–H and O–H groups in total. The maximum Gasteiger partial charge on any atom is 0.350 e. The van der Waals surface area contributed by atoms with E-state index < -0.39 is 0 Å². The molecule has 0 aliphatic carbocycles. The Bertz CT molecular complexity index is 787. The van der Waals surface area contributed by atoms with E-state index in [2.05, 4.69) is 10.1 Å². The average molecular weight is 269 g/mol. The van der Waals surface area contributed by atoms with Gasteiger partial charge in [0.25, 0.3) is 0 Å². The fraction of sp³-hybridized carbons (Fsp3) is 0.214. The second-order valence-corrected chi connectivity index (χ2v) is 4.79. The predicted octanol–water partition coefficient (Wildman–Crippen LogP) is 0.899. The minimum atomic E-state index is -0.272. The van der Waals surface area contributed by atoms with Crippen LogP contribution in [0.15, 0.2) is 47.7 Å². The van der Waals surface area contributed by atoms with Crippen molar-refractivity contribution in [3.8, 4) is 0 Å². The number of hydrogen-bond donors (Lipinski definition) is 1. The van der Waals surface area contributed by atoms with Crippen LogP contribution in [0.3, 0.4) is 0 Å².